The highest BCUT2D eigenvalue weighted by Crippen LogP contribution is 2.14. The predicted molar refractivity (Wildman–Crippen MR) is 47.8 cm³/mol. The molecule has 4 nitrogen and oxygen atoms in total. The second-order valence-electron chi connectivity index (χ2n) is 3.28. The first-order valence-electron chi connectivity index (χ1n) is 4.50. The largest absolute Gasteiger partial charge is 0.352 e. The number of amides is 2. The Labute approximate surface area is 72.9 Å². The van der Waals surface area contributed by atoms with Crippen LogP contribution in [0.1, 0.15) is 19.8 Å². The van der Waals surface area contributed by atoms with E-state index in [-0.39, 0.29) is 6.04 Å². The third kappa shape index (κ3) is 2.37. The number of carbonyl (C=O) groups excluding carboxylic acids is 1. The molecule has 70 valence electrons. The Morgan fingerprint density at radius 2 is 2.50 bits per heavy atom. The summed E-state index contributed by atoms with van der Waals surface area (Å²) in [5.41, 5.74) is 5.07. The van der Waals surface area contributed by atoms with Crippen molar-refractivity contribution in [3.8, 4) is 0 Å². The summed E-state index contributed by atoms with van der Waals surface area (Å²) in [7, 11) is 0. The minimum Gasteiger partial charge on any atom is -0.352 e. The van der Waals surface area contributed by atoms with E-state index >= 15 is 0 Å². The number of hydrogen-bond acceptors (Lipinski definition) is 2. The lowest BCUT2D eigenvalue weighted by Crippen LogP contribution is -2.50. The molecule has 12 heavy (non-hydrogen) atoms. The van der Waals surface area contributed by atoms with Gasteiger partial charge in [-0.3, -0.25) is 0 Å². The molecule has 2 amide bonds. The maximum atomic E-state index is 10.6. The first-order valence-corrected chi connectivity index (χ1v) is 4.50. The van der Waals surface area contributed by atoms with Gasteiger partial charge in [-0.25, -0.2) is 4.79 Å². The quantitative estimate of drug-likeness (QED) is 0.549. The topological polar surface area (TPSA) is 67.2 Å². The van der Waals surface area contributed by atoms with Gasteiger partial charge in [0.05, 0.1) is 0 Å². The summed E-state index contributed by atoms with van der Waals surface area (Å²) in [6, 6.07) is -0.130. The zero-order valence-electron chi connectivity index (χ0n) is 7.47. The number of piperidine rings is 1. The standard InChI is InChI=1S/C8H17N3O/c1-2-6-5-10-4-3-7(6)11-8(9)12/h6-7,10H,2-5H2,1H3,(H3,9,11,12). The Kier molecular flexibility index (Phi) is 3.34. The molecule has 1 aliphatic heterocycles. The highest BCUT2D eigenvalue weighted by atomic mass is 16.2. The van der Waals surface area contributed by atoms with Gasteiger partial charge in [0.1, 0.15) is 0 Å². The molecule has 4 N–H and O–H groups in total. The average molecular weight is 171 g/mol. The lowest BCUT2D eigenvalue weighted by molar-refractivity contribution is 0.228. The van der Waals surface area contributed by atoms with E-state index in [1.165, 1.54) is 0 Å². The van der Waals surface area contributed by atoms with Crippen LogP contribution in [0.4, 0.5) is 4.79 Å². The first-order chi connectivity index (χ1) is 5.74. The van der Waals surface area contributed by atoms with Crippen LogP contribution in [0.2, 0.25) is 0 Å². The van der Waals surface area contributed by atoms with Crippen LogP contribution in [0.15, 0.2) is 0 Å². The van der Waals surface area contributed by atoms with Gasteiger partial charge in [-0.05, 0) is 25.4 Å². The van der Waals surface area contributed by atoms with E-state index in [9.17, 15) is 4.79 Å². The Hall–Kier alpha value is -0.770. The van der Waals surface area contributed by atoms with Gasteiger partial charge in [0.25, 0.3) is 0 Å². The van der Waals surface area contributed by atoms with E-state index in [4.69, 9.17) is 5.73 Å². The van der Waals surface area contributed by atoms with Crippen molar-refractivity contribution in [2.24, 2.45) is 11.7 Å². The van der Waals surface area contributed by atoms with Gasteiger partial charge in [0, 0.05) is 6.04 Å². The fourth-order valence-electron chi connectivity index (χ4n) is 1.72. The van der Waals surface area contributed by atoms with E-state index < -0.39 is 6.03 Å². The van der Waals surface area contributed by atoms with E-state index in [0.717, 1.165) is 25.9 Å². The molecular formula is C8H17N3O. The SMILES string of the molecule is CCC1CNCCC1NC(N)=O. The fourth-order valence-corrected chi connectivity index (χ4v) is 1.72. The molecule has 0 aromatic carbocycles. The van der Waals surface area contributed by atoms with Crippen LogP contribution >= 0.6 is 0 Å². The van der Waals surface area contributed by atoms with Crippen molar-refractivity contribution in [1.29, 1.82) is 0 Å². The van der Waals surface area contributed by atoms with Crippen molar-refractivity contribution in [2.45, 2.75) is 25.8 Å². The number of nitrogens with one attached hydrogen (secondary N) is 2. The normalized spacial score (nSPS) is 29.8. The van der Waals surface area contributed by atoms with Crippen molar-refractivity contribution in [3.05, 3.63) is 0 Å². The molecule has 0 spiro atoms. The molecule has 0 radical (unpaired) electrons. The summed E-state index contributed by atoms with van der Waals surface area (Å²) >= 11 is 0. The van der Waals surface area contributed by atoms with Crippen molar-refractivity contribution in [3.63, 3.8) is 0 Å². The minimum absolute atomic E-state index is 0.272. The van der Waals surface area contributed by atoms with Crippen LogP contribution in [-0.4, -0.2) is 25.2 Å². The Bertz CT molecular complexity index is 160. The maximum absolute atomic E-state index is 10.6. The highest BCUT2D eigenvalue weighted by molar-refractivity contribution is 5.72. The molecule has 1 heterocycles. The first kappa shape index (κ1) is 9.32. The van der Waals surface area contributed by atoms with Gasteiger partial charge in [-0.15, -0.1) is 0 Å². The molecule has 0 saturated carbocycles. The fraction of sp³-hybridized carbons (Fsp3) is 0.875. The van der Waals surface area contributed by atoms with E-state index in [1.807, 2.05) is 0 Å². The van der Waals surface area contributed by atoms with Crippen molar-refractivity contribution in [1.82, 2.24) is 10.6 Å². The molecule has 1 rings (SSSR count). The number of carbonyl (C=O) groups is 1. The average Bonchev–Trinajstić information content (AvgIpc) is 2.04. The maximum Gasteiger partial charge on any atom is 0.312 e. The molecule has 4 heteroatoms. The van der Waals surface area contributed by atoms with Crippen molar-refractivity contribution < 1.29 is 4.79 Å². The monoisotopic (exact) mass is 171 g/mol. The van der Waals surface area contributed by atoms with Gasteiger partial charge in [-0.1, -0.05) is 13.3 Å². The Morgan fingerprint density at radius 1 is 1.75 bits per heavy atom. The van der Waals surface area contributed by atoms with Gasteiger partial charge in [0.15, 0.2) is 0 Å². The molecule has 0 aromatic heterocycles. The third-order valence-electron chi connectivity index (χ3n) is 2.46. The van der Waals surface area contributed by atoms with E-state index in [1.54, 1.807) is 0 Å². The van der Waals surface area contributed by atoms with Crippen LogP contribution in [0.5, 0.6) is 0 Å². The van der Waals surface area contributed by atoms with Crippen LogP contribution in [0.3, 0.4) is 0 Å². The van der Waals surface area contributed by atoms with Crippen LogP contribution in [0.25, 0.3) is 0 Å². The summed E-state index contributed by atoms with van der Waals surface area (Å²) in [6.07, 6.45) is 2.07. The molecule has 1 saturated heterocycles. The predicted octanol–water partition coefficient (Wildman–Crippen LogP) is 0.0428. The highest BCUT2D eigenvalue weighted by Gasteiger charge is 2.23. The third-order valence-corrected chi connectivity index (χ3v) is 2.46. The lowest BCUT2D eigenvalue weighted by Gasteiger charge is -2.31. The molecule has 0 aliphatic carbocycles. The summed E-state index contributed by atoms with van der Waals surface area (Å²) < 4.78 is 0. The summed E-state index contributed by atoms with van der Waals surface area (Å²) in [4.78, 5) is 10.6. The molecule has 2 atom stereocenters. The van der Waals surface area contributed by atoms with E-state index in [0.29, 0.717) is 5.92 Å². The second kappa shape index (κ2) is 4.30. The molecule has 0 aromatic rings. The van der Waals surface area contributed by atoms with E-state index in [2.05, 4.69) is 17.6 Å². The van der Waals surface area contributed by atoms with Gasteiger partial charge in [0.2, 0.25) is 0 Å². The van der Waals surface area contributed by atoms with Crippen molar-refractivity contribution >= 4 is 6.03 Å². The molecular weight excluding hydrogens is 154 g/mol. The minimum atomic E-state index is -0.402. The smallest absolute Gasteiger partial charge is 0.312 e. The summed E-state index contributed by atoms with van der Waals surface area (Å²) in [6.45, 7) is 4.09. The van der Waals surface area contributed by atoms with Gasteiger partial charge in [-0.2, -0.15) is 0 Å². The van der Waals surface area contributed by atoms with Crippen LogP contribution in [-0.2, 0) is 0 Å². The number of nitrogens with two attached hydrogens (primary N) is 1. The molecule has 1 fully saturated rings. The Morgan fingerprint density at radius 3 is 3.08 bits per heavy atom. The van der Waals surface area contributed by atoms with Crippen LogP contribution < -0.4 is 16.4 Å². The number of rotatable bonds is 2. The van der Waals surface area contributed by atoms with Gasteiger partial charge < -0.3 is 16.4 Å². The molecule has 0 bridgehead atoms. The van der Waals surface area contributed by atoms with Crippen molar-refractivity contribution in [2.75, 3.05) is 13.1 Å². The zero-order chi connectivity index (χ0) is 8.97. The second-order valence-corrected chi connectivity index (χ2v) is 3.28. The molecule has 2 unspecified atom stereocenters. The number of urea groups is 1. The number of primary amides is 1. The lowest BCUT2D eigenvalue weighted by atomic mass is 9.91. The number of hydrogen-bond donors (Lipinski definition) is 3. The summed E-state index contributed by atoms with van der Waals surface area (Å²) in [5, 5.41) is 6.08. The zero-order valence-corrected chi connectivity index (χ0v) is 7.47. The van der Waals surface area contributed by atoms with Gasteiger partial charge >= 0.3 is 6.03 Å². The molecule has 1 aliphatic rings. The van der Waals surface area contributed by atoms with Crippen LogP contribution in [0, 0.1) is 5.92 Å². The Balaban J connectivity index is 2.41. The summed E-state index contributed by atoms with van der Waals surface area (Å²) in [5.74, 6) is 0.534.